The lowest BCUT2D eigenvalue weighted by atomic mass is 10.1. The number of allylic oxidation sites excluding steroid dienone is 14. The van der Waals surface area contributed by atoms with Crippen LogP contribution in [0, 0.1) is 0 Å². The molecule has 54 heavy (non-hydrogen) atoms. The fourth-order valence-electron chi connectivity index (χ4n) is 4.94. The first kappa shape index (κ1) is 51.6. The molecule has 0 radical (unpaired) electrons. The zero-order chi connectivity index (χ0) is 39.6. The number of ether oxygens (including phenoxy) is 2. The summed E-state index contributed by atoms with van der Waals surface area (Å²) >= 11 is 0. The van der Waals surface area contributed by atoms with Crippen molar-refractivity contribution in [2.24, 2.45) is 0 Å². The molecule has 3 N–H and O–H groups in total. The van der Waals surface area contributed by atoms with Gasteiger partial charge in [-0.1, -0.05) is 131 Å². The first-order valence-electron chi connectivity index (χ1n) is 20.6. The van der Waals surface area contributed by atoms with E-state index in [1.807, 2.05) is 0 Å². The lowest BCUT2D eigenvalue weighted by molar-refractivity contribution is -0.154. The van der Waals surface area contributed by atoms with Crippen LogP contribution in [0.4, 0.5) is 0 Å². The number of hydrogen-bond acceptors (Lipinski definition) is 8. The molecule has 0 fully saturated rings. The first-order chi connectivity index (χ1) is 26.3. The highest BCUT2D eigenvalue weighted by atomic mass is 31.2. The molecule has 0 aromatic rings. The number of phosphoric ester groups is 1. The molecule has 0 heterocycles. The van der Waals surface area contributed by atoms with Crippen LogP contribution in [-0.2, 0) is 27.9 Å². The van der Waals surface area contributed by atoms with Crippen LogP contribution in [0.1, 0.15) is 142 Å². The van der Waals surface area contributed by atoms with Crippen molar-refractivity contribution in [1.82, 2.24) is 0 Å². The van der Waals surface area contributed by atoms with Gasteiger partial charge in [-0.05, 0) is 89.9 Å². The Balaban J connectivity index is 4.34. The third-order valence-corrected chi connectivity index (χ3v) is 9.02. The Bertz CT molecular complexity index is 1110. The van der Waals surface area contributed by atoms with Crippen molar-refractivity contribution in [2.45, 2.75) is 154 Å². The quantitative estimate of drug-likeness (QED) is 0.0242. The average molecular weight is 779 g/mol. The first-order valence-corrected chi connectivity index (χ1v) is 22.1. The van der Waals surface area contributed by atoms with E-state index in [4.69, 9.17) is 23.6 Å². The van der Waals surface area contributed by atoms with Crippen LogP contribution < -0.4 is 0 Å². The Hall–Kier alpha value is -2.36. The zero-order valence-electron chi connectivity index (χ0n) is 33.7. The van der Waals surface area contributed by atoms with Crippen molar-refractivity contribution in [1.29, 1.82) is 0 Å². The Kier molecular flexibility index (Phi) is 38.5. The summed E-state index contributed by atoms with van der Waals surface area (Å²) in [7, 11) is -4.54. The minimum absolute atomic E-state index is 0.00877. The number of carbonyl (C=O) groups is 1. The molecule has 10 heteroatoms. The maximum atomic E-state index is 12.6. The van der Waals surface area contributed by atoms with Gasteiger partial charge in [0.25, 0.3) is 0 Å². The predicted molar refractivity (Wildman–Crippen MR) is 223 cm³/mol. The number of rotatable bonds is 38. The molecule has 0 amide bonds. The van der Waals surface area contributed by atoms with Gasteiger partial charge in [0.15, 0.2) is 0 Å². The summed E-state index contributed by atoms with van der Waals surface area (Å²) in [6.45, 7) is 3.21. The molecule has 0 saturated heterocycles. The van der Waals surface area contributed by atoms with Gasteiger partial charge in [0.2, 0.25) is 0 Å². The largest absolute Gasteiger partial charge is 0.472 e. The number of phosphoric acid groups is 1. The van der Waals surface area contributed by atoms with E-state index in [0.29, 0.717) is 13.0 Å². The molecule has 0 saturated carbocycles. The van der Waals surface area contributed by atoms with E-state index in [2.05, 4.69) is 98.9 Å². The molecule has 0 aliphatic rings. The molecule has 0 rings (SSSR count). The summed E-state index contributed by atoms with van der Waals surface area (Å²) in [6, 6.07) is 0. The maximum absolute atomic E-state index is 12.6. The number of hydrogen-bond donors (Lipinski definition) is 3. The molecule has 3 atom stereocenters. The Morgan fingerprint density at radius 2 is 1.06 bits per heavy atom. The van der Waals surface area contributed by atoms with E-state index in [-0.39, 0.29) is 13.0 Å². The van der Waals surface area contributed by atoms with E-state index < -0.39 is 45.8 Å². The summed E-state index contributed by atoms with van der Waals surface area (Å²) in [6.07, 6.45) is 48.3. The highest BCUT2D eigenvalue weighted by Gasteiger charge is 2.26. The second kappa shape index (κ2) is 40.3. The summed E-state index contributed by atoms with van der Waals surface area (Å²) < 4.78 is 33.2. The molecule has 0 aromatic carbocycles. The van der Waals surface area contributed by atoms with Crippen LogP contribution >= 0.6 is 7.82 Å². The predicted octanol–water partition coefficient (Wildman–Crippen LogP) is 11.1. The third-order valence-electron chi connectivity index (χ3n) is 8.06. The van der Waals surface area contributed by atoms with Crippen LogP contribution in [0.25, 0.3) is 0 Å². The van der Waals surface area contributed by atoms with Crippen LogP contribution in [0.3, 0.4) is 0 Å². The Morgan fingerprint density at radius 3 is 1.59 bits per heavy atom. The van der Waals surface area contributed by atoms with Crippen LogP contribution in [0.5, 0.6) is 0 Å². The van der Waals surface area contributed by atoms with Gasteiger partial charge in [0.05, 0.1) is 26.4 Å². The molecule has 0 aliphatic heterocycles. The summed E-state index contributed by atoms with van der Waals surface area (Å²) in [5, 5.41) is 18.3. The molecular formula is C44H75O9P. The van der Waals surface area contributed by atoms with E-state index in [9.17, 15) is 19.4 Å². The second-order valence-corrected chi connectivity index (χ2v) is 14.7. The van der Waals surface area contributed by atoms with Crippen molar-refractivity contribution < 1.29 is 43.0 Å². The van der Waals surface area contributed by atoms with Crippen LogP contribution in [-0.4, -0.2) is 66.3 Å². The highest BCUT2D eigenvalue weighted by molar-refractivity contribution is 7.47. The van der Waals surface area contributed by atoms with Crippen molar-refractivity contribution in [3.05, 3.63) is 85.1 Å². The Labute approximate surface area is 328 Å². The van der Waals surface area contributed by atoms with Gasteiger partial charge in [0, 0.05) is 13.0 Å². The molecule has 0 bridgehead atoms. The number of unbranched alkanes of at least 4 members (excludes halogenated alkanes) is 10. The molecule has 0 spiro atoms. The SMILES string of the molecule is CC/C=C\C/C=C\C/C=C\C/C=C\C/C=C\CCCCOCC(COP(=O)(O)OCC(O)CO)OC(=O)CCCCCCC/C=C\C/C=C\CCCCC. The topological polar surface area (TPSA) is 132 Å². The smallest absolute Gasteiger partial charge is 0.457 e. The fraction of sp³-hybridized carbons (Fsp3) is 0.659. The molecule has 9 nitrogen and oxygen atoms in total. The van der Waals surface area contributed by atoms with Crippen molar-refractivity contribution >= 4 is 13.8 Å². The van der Waals surface area contributed by atoms with Crippen molar-refractivity contribution in [3.8, 4) is 0 Å². The summed E-state index contributed by atoms with van der Waals surface area (Å²) in [4.78, 5) is 22.5. The minimum atomic E-state index is -4.54. The fourth-order valence-corrected chi connectivity index (χ4v) is 5.73. The van der Waals surface area contributed by atoms with Gasteiger partial charge in [-0.2, -0.15) is 0 Å². The normalized spacial score (nSPS) is 15.0. The second-order valence-electron chi connectivity index (χ2n) is 13.3. The van der Waals surface area contributed by atoms with Crippen LogP contribution in [0.2, 0.25) is 0 Å². The number of aliphatic hydroxyl groups is 2. The van der Waals surface area contributed by atoms with Gasteiger partial charge in [-0.25, -0.2) is 4.57 Å². The molecular weight excluding hydrogens is 703 g/mol. The molecule has 0 aliphatic carbocycles. The average Bonchev–Trinajstić information content (AvgIpc) is 3.16. The third kappa shape index (κ3) is 39.3. The molecule has 0 aromatic heterocycles. The lowest BCUT2D eigenvalue weighted by Gasteiger charge is -2.20. The zero-order valence-corrected chi connectivity index (χ0v) is 34.5. The highest BCUT2D eigenvalue weighted by Crippen LogP contribution is 2.43. The van der Waals surface area contributed by atoms with Gasteiger partial charge in [0.1, 0.15) is 12.2 Å². The Morgan fingerprint density at radius 1 is 0.593 bits per heavy atom. The van der Waals surface area contributed by atoms with E-state index in [1.165, 1.54) is 25.7 Å². The lowest BCUT2D eigenvalue weighted by Crippen LogP contribution is -2.29. The van der Waals surface area contributed by atoms with Gasteiger partial charge in [-0.3, -0.25) is 13.8 Å². The minimum Gasteiger partial charge on any atom is -0.457 e. The van der Waals surface area contributed by atoms with E-state index >= 15 is 0 Å². The number of aliphatic hydroxyl groups excluding tert-OH is 2. The standard InChI is InChI=1S/C44H75O9P/c1-3-5-7-9-11-13-15-17-19-20-21-23-25-27-29-31-33-35-37-50-40-43(41-52-54(48,49)51-39-42(46)38-45)53-44(47)36-34-32-30-28-26-24-22-18-16-14-12-10-8-6-4-2/h5,7,11-14,17-19,21-23,27,29,42-43,45-46H,3-4,6,8-10,15-16,20,24-26,28,30-41H2,1-2H3,(H,48,49)/b7-5-,13-11-,14-12-,19-17-,22-18-,23-21-,29-27-. The number of esters is 1. The molecule has 310 valence electrons. The summed E-state index contributed by atoms with van der Waals surface area (Å²) in [5.41, 5.74) is 0. The van der Waals surface area contributed by atoms with E-state index in [1.54, 1.807) is 0 Å². The van der Waals surface area contributed by atoms with Gasteiger partial charge >= 0.3 is 13.8 Å². The van der Waals surface area contributed by atoms with Crippen molar-refractivity contribution in [3.63, 3.8) is 0 Å². The van der Waals surface area contributed by atoms with Crippen molar-refractivity contribution in [2.75, 3.05) is 33.0 Å². The van der Waals surface area contributed by atoms with E-state index in [0.717, 1.165) is 89.9 Å². The van der Waals surface area contributed by atoms with Crippen LogP contribution in [0.15, 0.2) is 85.1 Å². The summed E-state index contributed by atoms with van der Waals surface area (Å²) in [5.74, 6) is -0.416. The van der Waals surface area contributed by atoms with Gasteiger partial charge < -0.3 is 24.6 Å². The molecule has 3 unspecified atom stereocenters. The monoisotopic (exact) mass is 779 g/mol. The van der Waals surface area contributed by atoms with Gasteiger partial charge in [-0.15, -0.1) is 0 Å². The maximum Gasteiger partial charge on any atom is 0.472 e. The number of carbonyl (C=O) groups excluding carboxylic acids is 1.